The highest BCUT2D eigenvalue weighted by Gasteiger charge is 2.29. The number of nitrogens with one attached hydrogen (secondary N) is 2. The molecule has 1 aliphatic carbocycles. The van der Waals surface area contributed by atoms with Gasteiger partial charge in [-0.2, -0.15) is 0 Å². The second-order valence-corrected chi connectivity index (χ2v) is 5.25. The number of carboxylic acid groups (broad SMARTS) is 1. The highest BCUT2D eigenvalue weighted by Crippen LogP contribution is 2.36. The van der Waals surface area contributed by atoms with E-state index in [1.807, 2.05) is 0 Å². The number of carbonyl (C=O) groups is 2. The predicted molar refractivity (Wildman–Crippen MR) is 66.2 cm³/mol. The lowest BCUT2D eigenvalue weighted by atomic mass is 9.89. The summed E-state index contributed by atoms with van der Waals surface area (Å²) in [6.45, 7) is 2.42. The number of aliphatic carboxylic acids is 1. The Morgan fingerprint density at radius 2 is 1.94 bits per heavy atom. The quantitative estimate of drug-likeness (QED) is 0.563. The molecule has 1 saturated carbocycles. The van der Waals surface area contributed by atoms with Crippen LogP contribution in [0.15, 0.2) is 0 Å². The minimum absolute atomic E-state index is 0.0139. The van der Waals surface area contributed by atoms with Crippen molar-refractivity contribution in [2.75, 3.05) is 13.2 Å². The Morgan fingerprint density at radius 3 is 2.44 bits per heavy atom. The molecular formula is C12H22N2O4. The zero-order valence-electron chi connectivity index (χ0n) is 10.7. The minimum Gasteiger partial charge on any atom is -0.480 e. The molecule has 0 aromatic heterocycles. The van der Waals surface area contributed by atoms with Gasteiger partial charge in [0, 0.05) is 19.6 Å². The number of rotatable bonds is 6. The monoisotopic (exact) mass is 258 g/mol. The Balaban J connectivity index is 2.33. The molecule has 0 saturated heterocycles. The molecule has 6 heteroatoms. The fourth-order valence-electron chi connectivity index (χ4n) is 2.29. The molecule has 0 bridgehead atoms. The molecule has 4 N–H and O–H groups in total. The van der Waals surface area contributed by atoms with Gasteiger partial charge in [0.2, 0.25) is 0 Å². The van der Waals surface area contributed by atoms with Crippen molar-refractivity contribution in [1.82, 2.24) is 10.6 Å². The van der Waals surface area contributed by atoms with Gasteiger partial charge in [0.15, 0.2) is 0 Å². The van der Waals surface area contributed by atoms with Gasteiger partial charge in [-0.05, 0) is 18.3 Å². The van der Waals surface area contributed by atoms with Gasteiger partial charge in [0.25, 0.3) is 0 Å². The van der Waals surface area contributed by atoms with Crippen molar-refractivity contribution < 1.29 is 19.8 Å². The van der Waals surface area contributed by atoms with Crippen molar-refractivity contribution in [3.63, 3.8) is 0 Å². The maximum absolute atomic E-state index is 11.6. The van der Waals surface area contributed by atoms with E-state index in [9.17, 15) is 9.59 Å². The van der Waals surface area contributed by atoms with Gasteiger partial charge in [-0.15, -0.1) is 0 Å². The molecule has 18 heavy (non-hydrogen) atoms. The number of urea groups is 1. The summed E-state index contributed by atoms with van der Waals surface area (Å²) in [5.41, 5.74) is 0.132. The van der Waals surface area contributed by atoms with E-state index in [0.29, 0.717) is 6.54 Å². The van der Waals surface area contributed by atoms with Crippen LogP contribution >= 0.6 is 0 Å². The average molecular weight is 258 g/mol. The zero-order chi connectivity index (χ0) is 13.6. The molecule has 1 rings (SSSR count). The maximum atomic E-state index is 11.6. The van der Waals surface area contributed by atoms with E-state index in [1.165, 1.54) is 12.8 Å². The smallest absolute Gasteiger partial charge is 0.326 e. The average Bonchev–Trinajstić information content (AvgIpc) is 2.73. The van der Waals surface area contributed by atoms with E-state index in [4.69, 9.17) is 10.2 Å². The summed E-state index contributed by atoms with van der Waals surface area (Å²) >= 11 is 0. The molecule has 6 nitrogen and oxygen atoms in total. The minimum atomic E-state index is -1.13. The van der Waals surface area contributed by atoms with Crippen LogP contribution in [0.2, 0.25) is 0 Å². The van der Waals surface area contributed by atoms with Crippen LogP contribution in [0.5, 0.6) is 0 Å². The van der Waals surface area contributed by atoms with Crippen LogP contribution in [-0.4, -0.2) is 41.4 Å². The highest BCUT2D eigenvalue weighted by molar-refractivity contribution is 5.82. The van der Waals surface area contributed by atoms with Crippen LogP contribution in [0.1, 0.15) is 39.0 Å². The Kier molecular flexibility index (Phi) is 5.40. The maximum Gasteiger partial charge on any atom is 0.326 e. The zero-order valence-corrected chi connectivity index (χ0v) is 10.7. The predicted octanol–water partition coefficient (Wildman–Crippen LogP) is 0.701. The molecule has 0 heterocycles. The normalized spacial score (nSPS) is 19.2. The summed E-state index contributed by atoms with van der Waals surface area (Å²) in [4.78, 5) is 22.4. The van der Waals surface area contributed by atoms with Crippen LogP contribution in [0, 0.1) is 5.41 Å². The molecule has 2 amide bonds. The third-order valence-corrected chi connectivity index (χ3v) is 3.51. The Morgan fingerprint density at radius 1 is 1.33 bits per heavy atom. The first-order chi connectivity index (χ1) is 8.47. The molecule has 0 spiro atoms. The van der Waals surface area contributed by atoms with Gasteiger partial charge in [-0.3, -0.25) is 0 Å². The number of hydrogen-bond donors (Lipinski definition) is 4. The van der Waals surface area contributed by atoms with Gasteiger partial charge < -0.3 is 20.8 Å². The first kappa shape index (κ1) is 14.8. The van der Waals surface area contributed by atoms with Gasteiger partial charge in [-0.25, -0.2) is 9.59 Å². The largest absolute Gasteiger partial charge is 0.480 e. The second-order valence-electron chi connectivity index (χ2n) is 5.25. The summed E-state index contributed by atoms with van der Waals surface area (Å²) in [6, 6.07) is -1.52. The number of hydrogen-bond acceptors (Lipinski definition) is 3. The van der Waals surface area contributed by atoms with Gasteiger partial charge in [-0.1, -0.05) is 19.8 Å². The molecular weight excluding hydrogens is 236 g/mol. The summed E-state index contributed by atoms with van der Waals surface area (Å²) in [5.74, 6) is -1.13. The fourth-order valence-corrected chi connectivity index (χ4v) is 2.29. The first-order valence-corrected chi connectivity index (χ1v) is 6.35. The number of carboxylic acids is 1. The van der Waals surface area contributed by atoms with Crippen molar-refractivity contribution in [3.05, 3.63) is 0 Å². The van der Waals surface area contributed by atoms with Gasteiger partial charge in [0.05, 0.1) is 0 Å². The molecule has 0 aromatic rings. The van der Waals surface area contributed by atoms with Crippen molar-refractivity contribution in [2.24, 2.45) is 5.41 Å². The van der Waals surface area contributed by atoms with Gasteiger partial charge in [0.1, 0.15) is 6.04 Å². The van der Waals surface area contributed by atoms with E-state index in [1.54, 1.807) is 0 Å². The van der Waals surface area contributed by atoms with Crippen LogP contribution in [-0.2, 0) is 4.79 Å². The fraction of sp³-hybridized carbons (Fsp3) is 0.833. The van der Waals surface area contributed by atoms with Crippen molar-refractivity contribution in [1.29, 1.82) is 0 Å². The number of carbonyl (C=O) groups excluding carboxylic acids is 1. The molecule has 0 aliphatic heterocycles. The van der Waals surface area contributed by atoms with Crippen LogP contribution in [0.3, 0.4) is 0 Å². The molecule has 1 fully saturated rings. The van der Waals surface area contributed by atoms with Crippen LogP contribution in [0.25, 0.3) is 0 Å². The molecule has 0 aromatic carbocycles. The number of amides is 2. The topological polar surface area (TPSA) is 98.7 Å². The van der Waals surface area contributed by atoms with E-state index in [-0.39, 0.29) is 18.4 Å². The molecule has 0 unspecified atom stereocenters. The van der Waals surface area contributed by atoms with Crippen LogP contribution in [0.4, 0.5) is 4.79 Å². The van der Waals surface area contributed by atoms with Crippen molar-refractivity contribution in [3.8, 4) is 0 Å². The third-order valence-electron chi connectivity index (χ3n) is 3.51. The summed E-state index contributed by atoms with van der Waals surface area (Å²) in [7, 11) is 0. The van der Waals surface area contributed by atoms with E-state index in [2.05, 4.69) is 17.6 Å². The molecule has 104 valence electrons. The first-order valence-electron chi connectivity index (χ1n) is 6.35. The summed E-state index contributed by atoms with van der Waals surface area (Å²) < 4.78 is 0. The van der Waals surface area contributed by atoms with Gasteiger partial charge >= 0.3 is 12.0 Å². The Labute approximate surface area is 107 Å². The van der Waals surface area contributed by atoms with Crippen molar-refractivity contribution >= 4 is 12.0 Å². The SMILES string of the molecule is CC1(CNC(=O)N[C@H](CCO)C(=O)O)CCCC1. The lowest BCUT2D eigenvalue weighted by molar-refractivity contribution is -0.139. The molecule has 1 aliphatic rings. The summed E-state index contributed by atoms with van der Waals surface area (Å²) in [5, 5.41) is 22.6. The molecule has 0 radical (unpaired) electrons. The Hall–Kier alpha value is -1.30. The number of aliphatic hydroxyl groups is 1. The molecule has 1 atom stereocenters. The lowest BCUT2D eigenvalue weighted by Crippen LogP contribution is -2.48. The van der Waals surface area contributed by atoms with Crippen molar-refractivity contribution in [2.45, 2.75) is 45.1 Å². The standard InChI is InChI=1S/C12H22N2O4/c1-12(5-2-3-6-12)8-13-11(18)14-9(4-7-15)10(16)17/h9,15H,2-8H2,1H3,(H,16,17)(H2,13,14,18)/t9-/m1/s1. The lowest BCUT2D eigenvalue weighted by Gasteiger charge is -2.24. The second kappa shape index (κ2) is 6.58. The number of aliphatic hydroxyl groups excluding tert-OH is 1. The van der Waals surface area contributed by atoms with Crippen LogP contribution < -0.4 is 10.6 Å². The third kappa shape index (κ3) is 4.52. The summed E-state index contributed by atoms with van der Waals surface area (Å²) in [6.07, 6.45) is 4.56. The van der Waals surface area contributed by atoms with E-state index < -0.39 is 18.0 Å². The van der Waals surface area contributed by atoms with E-state index in [0.717, 1.165) is 12.8 Å². The highest BCUT2D eigenvalue weighted by atomic mass is 16.4. The Bertz CT molecular complexity index is 300. The van der Waals surface area contributed by atoms with E-state index >= 15 is 0 Å².